The van der Waals surface area contributed by atoms with Gasteiger partial charge in [-0.1, -0.05) is 18.2 Å². The summed E-state index contributed by atoms with van der Waals surface area (Å²) in [7, 11) is 0. The number of esters is 1. The van der Waals surface area contributed by atoms with Crippen molar-refractivity contribution in [2.24, 2.45) is 0 Å². The third-order valence-electron chi connectivity index (χ3n) is 4.39. The zero-order valence-corrected chi connectivity index (χ0v) is 18.3. The molecule has 5 nitrogen and oxygen atoms in total. The number of ketones is 1. The summed E-state index contributed by atoms with van der Waals surface area (Å²) in [5, 5.41) is 2.81. The maximum Gasteiger partial charge on any atom is 0.339 e. The minimum Gasteiger partial charge on any atom is -0.454 e. The van der Waals surface area contributed by atoms with Crippen LogP contribution < -0.4 is 5.32 Å². The monoisotopic (exact) mass is 413 g/mol. The molecule has 2 aromatic carbocycles. The summed E-state index contributed by atoms with van der Waals surface area (Å²) in [6.45, 7) is 9.27. The van der Waals surface area contributed by atoms with E-state index in [9.17, 15) is 14.4 Å². The van der Waals surface area contributed by atoms with Crippen LogP contribution in [0.15, 0.2) is 41.3 Å². The van der Waals surface area contributed by atoms with Crippen molar-refractivity contribution in [1.82, 2.24) is 5.32 Å². The minimum absolute atomic E-state index is 0.0585. The van der Waals surface area contributed by atoms with Gasteiger partial charge in [0.2, 0.25) is 11.7 Å². The van der Waals surface area contributed by atoms with Crippen LogP contribution in [0.1, 0.15) is 51.3 Å². The highest BCUT2D eigenvalue weighted by Crippen LogP contribution is 2.23. The second kappa shape index (κ2) is 10.3. The van der Waals surface area contributed by atoms with E-state index in [0.29, 0.717) is 16.0 Å². The minimum atomic E-state index is -0.577. The highest BCUT2D eigenvalue weighted by Gasteiger charge is 2.17. The van der Waals surface area contributed by atoms with Gasteiger partial charge in [-0.2, -0.15) is 0 Å². The molecule has 0 unspecified atom stereocenters. The topological polar surface area (TPSA) is 72.5 Å². The quantitative estimate of drug-likeness (QED) is 0.398. The molecule has 154 valence electrons. The second-order valence-electron chi connectivity index (χ2n) is 7.26. The third kappa shape index (κ3) is 6.46. The highest BCUT2D eigenvalue weighted by atomic mass is 32.2. The fourth-order valence-corrected chi connectivity index (χ4v) is 3.67. The number of carbonyl (C=O) groups is 3. The molecule has 0 aliphatic carbocycles. The molecule has 0 bridgehead atoms. The Kier molecular flexibility index (Phi) is 8.02. The Bertz CT molecular complexity index is 921. The molecule has 0 aliphatic rings. The number of thioether (sulfide) groups is 1. The Morgan fingerprint density at radius 2 is 1.62 bits per heavy atom. The number of hydrogen-bond acceptors (Lipinski definition) is 5. The van der Waals surface area contributed by atoms with Crippen LogP contribution in [0.2, 0.25) is 0 Å². The fraction of sp³-hybridized carbons (Fsp3) is 0.348. The smallest absolute Gasteiger partial charge is 0.339 e. The van der Waals surface area contributed by atoms with Gasteiger partial charge in [-0.25, -0.2) is 4.79 Å². The van der Waals surface area contributed by atoms with Crippen LogP contribution in [-0.2, 0) is 9.53 Å². The predicted octanol–water partition coefficient (Wildman–Crippen LogP) is 4.27. The van der Waals surface area contributed by atoms with Gasteiger partial charge in [0.1, 0.15) is 0 Å². The van der Waals surface area contributed by atoms with E-state index in [0.717, 1.165) is 16.7 Å². The van der Waals surface area contributed by atoms with E-state index in [1.54, 1.807) is 24.3 Å². The Labute approximate surface area is 176 Å². The molecule has 0 heterocycles. The summed E-state index contributed by atoms with van der Waals surface area (Å²) in [4.78, 5) is 37.6. The molecule has 1 amide bonds. The van der Waals surface area contributed by atoms with Crippen molar-refractivity contribution < 1.29 is 19.1 Å². The van der Waals surface area contributed by atoms with Crippen molar-refractivity contribution in [3.05, 3.63) is 64.2 Å². The van der Waals surface area contributed by atoms with Crippen LogP contribution in [0.3, 0.4) is 0 Å². The van der Waals surface area contributed by atoms with Gasteiger partial charge in [-0.3, -0.25) is 9.59 Å². The van der Waals surface area contributed by atoms with Crippen LogP contribution in [0.25, 0.3) is 0 Å². The zero-order chi connectivity index (χ0) is 21.6. The number of hydrogen-bond donors (Lipinski definition) is 1. The SMILES string of the molecule is Cc1cc(C)c(C(=O)COC(=O)c2ccccc2SCC(=O)NC(C)C)cc1C. The van der Waals surface area contributed by atoms with Crippen LogP contribution in [0.5, 0.6) is 0 Å². The van der Waals surface area contributed by atoms with E-state index < -0.39 is 5.97 Å². The first-order chi connectivity index (χ1) is 13.7. The average molecular weight is 414 g/mol. The molecule has 2 aromatic rings. The molecule has 2 rings (SSSR count). The number of benzene rings is 2. The summed E-state index contributed by atoms with van der Waals surface area (Å²) >= 11 is 1.26. The number of nitrogens with one attached hydrogen (secondary N) is 1. The molecular weight excluding hydrogens is 386 g/mol. The fourth-order valence-electron chi connectivity index (χ4n) is 2.82. The molecule has 0 aliphatic heterocycles. The standard InChI is InChI=1S/C23H27NO4S/c1-14(2)24-22(26)13-29-21-9-7-6-8-18(21)23(27)28-12-20(25)19-11-16(4)15(3)10-17(19)5/h6-11,14H,12-13H2,1-5H3,(H,24,26). The number of Topliss-reactive ketones (excluding diaryl/α,β-unsaturated/α-hetero) is 1. The maximum absolute atomic E-state index is 12.5. The normalized spacial score (nSPS) is 10.7. The first-order valence-electron chi connectivity index (χ1n) is 9.48. The summed E-state index contributed by atoms with van der Waals surface area (Å²) in [5.74, 6) is -0.718. The van der Waals surface area contributed by atoms with Gasteiger partial charge in [0, 0.05) is 16.5 Å². The van der Waals surface area contributed by atoms with Crippen molar-refractivity contribution >= 4 is 29.4 Å². The first kappa shape index (κ1) is 22.7. The summed E-state index contributed by atoms with van der Waals surface area (Å²) in [5.41, 5.74) is 3.91. The van der Waals surface area contributed by atoms with Crippen LogP contribution in [0.4, 0.5) is 0 Å². The molecule has 0 spiro atoms. The number of rotatable bonds is 8. The summed E-state index contributed by atoms with van der Waals surface area (Å²) in [6.07, 6.45) is 0. The molecule has 1 N–H and O–H groups in total. The lowest BCUT2D eigenvalue weighted by Crippen LogP contribution is -2.31. The van der Waals surface area contributed by atoms with E-state index in [4.69, 9.17) is 4.74 Å². The maximum atomic E-state index is 12.5. The molecule has 0 radical (unpaired) electrons. The van der Waals surface area contributed by atoms with Crippen molar-refractivity contribution in [3.63, 3.8) is 0 Å². The number of ether oxygens (including phenoxy) is 1. The molecule has 6 heteroatoms. The Morgan fingerprint density at radius 3 is 2.31 bits per heavy atom. The summed E-state index contributed by atoms with van der Waals surface area (Å²) < 4.78 is 5.28. The lowest BCUT2D eigenvalue weighted by molar-refractivity contribution is -0.119. The van der Waals surface area contributed by atoms with Crippen molar-refractivity contribution in [2.75, 3.05) is 12.4 Å². The van der Waals surface area contributed by atoms with Crippen molar-refractivity contribution in [1.29, 1.82) is 0 Å². The van der Waals surface area contributed by atoms with Gasteiger partial charge in [-0.05, 0) is 69.5 Å². The molecule has 0 saturated heterocycles. The molecular formula is C23H27NO4S. The van der Waals surface area contributed by atoms with E-state index in [1.807, 2.05) is 46.8 Å². The zero-order valence-electron chi connectivity index (χ0n) is 17.5. The van der Waals surface area contributed by atoms with Gasteiger partial charge >= 0.3 is 5.97 Å². The number of aryl methyl sites for hydroxylation is 3. The van der Waals surface area contributed by atoms with Gasteiger partial charge < -0.3 is 10.1 Å². The summed E-state index contributed by atoms with van der Waals surface area (Å²) in [6, 6.07) is 10.8. The lowest BCUT2D eigenvalue weighted by atomic mass is 9.98. The van der Waals surface area contributed by atoms with Gasteiger partial charge in [0.25, 0.3) is 0 Å². The molecule has 0 saturated carbocycles. The predicted molar refractivity (Wildman–Crippen MR) is 116 cm³/mol. The average Bonchev–Trinajstić information content (AvgIpc) is 2.66. The van der Waals surface area contributed by atoms with E-state index in [2.05, 4.69) is 5.32 Å². The van der Waals surface area contributed by atoms with E-state index >= 15 is 0 Å². The second-order valence-corrected chi connectivity index (χ2v) is 8.27. The lowest BCUT2D eigenvalue weighted by Gasteiger charge is -2.12. The Morgan fingerprint density at radius 1 is 0.966 bits per heavy atom. The van der Waals surface area contributed by atoms with Crippen LogP contribution >= 0.6 is 11.8 Å². The largest absolute Gasteiger partial charge is 0.454 e. The molecule has 29 heavy (non-hydrogen) atoms. The molecule has 0 atom stereocenters. The van der Waals surface area contributed by atoms with E-state index in [1.165, 1.54) is 11.8 Å². The first-order valence-corrected chi connectivity index (χ1v) is 10.5. The van der Waals surface area contributed by atoms with Gasteiger partial charge in [0.15, 0.2) is 6.61 Å². The van der Waals surface area contributed by atoms with E-state index in [-0.39, 0.29) is 30.1 Å². The number of amides is 1. The van der Waals surface area contributed by atoms with Crippen LogP contribution in [0, 0.1) is 20.8 Å². The Balaban J connectivity index is 2.03. The van der Waals surface area contributed by atoms with Gasteiger partial charge in [-0.15, -0.1) is 11.8 Å². The third-order valence-corrected chi connectivity index (χ3v) is 5.46. The molecule has 0 fully saturated rings. The number of carbonyl (C=O) groups excluding carboxylic acids is 3. The molecule has 0 aromatic heterocycles. The van der Waals surface area contributed by atoms with Gasteiger partial charge in [0.05, 0.1) is 11.3 Å². The highest BCUT2D eigenvalue weighted by molar-refractivity contribution is 8.00. The van der Waals surface area contributed by atoms with Crippen molar-refractivity contribution in [2.45, 2.75) is 45.6 Å². The van der Waals surface area contributed by atoms with Crippen molar-refractivity contribution in [3.8, 4) is 0 Å². The Hall–Kier alpha value is -2.60. The van der Waals surface area contributed by atoms with Crippen LogP contribution in [-0.4, -0.2) is 36.1 Å².